The van der Waals surface area contributed by atoms with Gasteiger partial charge in [0.2, 0.25) is 10.0 Å². The molecule has 0 aliphatic heterocycles. The number of benzene rings is 1. The van der Waals surface area contributed by atoms with E-state index >= 15 is 0 Å². The smallest absolute Gasteiger partial charge is 0.215 e. The van der Waals surface area contributed by atoms with Gasteiger partial charge in [0.25, 0.3) is 0 Å². The zero-order valence-electron chi connectivity index (χ0n) is 10.9. The molecule has 0 saturated carbocycles. The fourth-order valence-electron chi connectivity index (χ4n) is 2.21. The topological polar surface area (TPSA) is 72.2 Å². The second-order valence-electron chi connectivity index (χ2n) is 4.96. The van der Waals surface area contributed by atoms with Crippen LogP contribution in [-0.4, -0.2) is 15.0 Å². The SMILES string of the molecule is Nc1ccccc1CS(=O)(=O)NCC1CC=CCC1. The summed E-state index contributed by atoms with van der Waals surface area (Å²) in [6.45, 7) is 0.513. The molecule has 1 unspecified atom stereocenters. The quantitative estimate of drug-likeness (QED) is 0.640. The number of anilines is 1. The highest BCUT2D eigenvalue weighted by Gasteiger charge is 2.16. The Labute approximate surface area is 114 Å². The minimum Gasteiger partial charge on any atom is -0.398 e. The maximum Gasteiger partial charge on any atom is 0.215 e. The van der Waals surface area contributed by atoms with Crippen molar-refractivity contribution in [3.8, 4) is 0 Å². The van der Waals surface area contributed by atoms with Crippen LogP contribution in [-0.2, 0) is 15.8 Å². The third-order valence-corrected chi connectivity index (χ3v) is 4.67. The number of para-hydroxylation sites is 1. The zero-order valence-corrected chi connectivity index (χ0v) is 11.7. The van der Waals surface area contributed by atoms with Gasteiger partial charge in [-0.2, -0.15) is 0 Å². The summed E-state index contributed by atoms with van der Waals surface area (Å²) in [6.07, 6.45) is 7.31. The van der Waals surface area contributed by atoms with Crippen LogP contribution in [0.25, 0.3) is 0 Å². The molecule has 1 aliphatic rings. The Hall–Kier alpha value is -1.33. The van der Waals surface area contributed by atoms with E-state index in [1.165, 1.54) is 0 Å². The Bertz CT molecular complexity index is 552. The first kappa shape index (κ1) is 14.1. The van der Waals surface area contributed by atoms with Crippen LogP contribution in [0.5, 0.6) is 0 Å². The van der Waals surface area contributed by atoms with Crippen LogP contribution >= 0.6 is 0 Å². The second kappa shape index (κ2) is 6.21. The van der Waals surface area contributed by atoms with Crippen molar-refractivity contribution in [1.29, 1.82) is 0 Å². The Kier molecular flexibility index (Phi) is 4.61. The first-order valence-corrected chi connectivity index (χ1v) is 8.18. The normalized spacial score (nSPS) is 19.5. The molecule has 0 saturated heterocycles. The van der Waals surface area contributed by atoms with Crippen LogP contribution in [0, 0.1) is 5.92 Å². The van der Waals surface area contributed by atoms with E-state index in [9.17, 15) is 8.42 Å². The van der Waals surface area contributed by atoms with Crippen LogP contribution in [0.2, 0.25) is 0 Å². The van der Waals surface area contributed by atoms with Gasteiger partial charge in [0.15, 0.2) is 0 Å². The number of rotatable bonds is 5. The molecule has 1 aliphatic carbocycles. The number of allylic oxidation sites excluding steroid dienone is 2. The third kappa shape index (κ3) is 4.36. The van der Waals surface area contributed by atoms with Gasteiger partial charge in [0, 0.05) is 12.2 Å². The van der Waals surface area contributed by atoms with Crippen molar-refractivity contribution in [2.75, 3.05) is 12.3 Å². The van der Waals surface area contributed by atoms with Crippen molar-refractivity contribution in [3.05, 3.63) is 42.0 Å². The molecule has 2 rings (SSSR count). The van der Waals surface area contributed by atoms with Crippen molar-refractivity contribution < 1.29 is 8.42 Å². The first-order valence-electron chi connectivity index (χ1n) is 6.52. The third-order valence-electron chi connectivity index (χ3n) is 3.37. The summed E-state index contributed by atoms with van der Waals surface area (Å²) in [6, 6.07) is 7.06. The van der Waals surface area contributed by atoms with Crippen LogP contribution in [0.15, 0.2) is 36.4 Å². The van der Waals surface area contributed by atoms with E-state index in [0.29, 0.717) is 23.7 Å². The monoisotopic (exact) mass is 280 g/mol. The van der Waals surface area contributed by atoms with Crippen molar-refractivity contribution in [2.24, 2.45) is 5.92 Å². The van der Waals surface area contributed by atoms with Crippen LogP contribution in [0.3, 0.4) is 0 Å². The molecule has 0 aromatic heterocycles. The lowest BCUT2D eigenvalue weighted by atomic mass is 9.95. The largest absolute Gasteiger partial charge is 0.398 e. The molecule has 0 fully saturated rings. The lowest BCUT2D eigenvalue weighted by Crippen LogP contribution is -2.31. The molecule has 0 amide bonds. The van der Waals surface area contributed by atoms with Gasteiger partial charge in [-0.1, -0.05) is 30.4 Å². The van der Waals surface area contributed by atoms with Gasteiger partial charge < -0.3 is 5.73 Å². The average Bonchev–Trinajstić information content (AvgIpc) is 2.40. The fourth-order valence-corrected chi connectivity index (χ4v) is 3.47. The molecule has 0 spiro atoms. The number of sulfonamides is 1. The van der Waals surface area contributed by atoms with E-state index in [-0.39, 0.29) is 5.75 Å². The first-order chi connectivity index (χ1) is 9.07. The Morgan fingerprint density at radius 3 is 2.74 bits per heavy atom. The number of hydrogen-bond donors (Lipinski definition) is 2. The van der Waals surface area contributed by atoms with E-state index in [1.807, 2.05) is 0 Å². The van der Waals surface area contributed by atoms with E-state index < -0.39 is 10.0 Å². The summed E-state index contributed by atoms with van der Waals surface area (Å²) in [5.74, 6) is 0.357. The van der Waals surface area contributed by atoms with Gasteiger partial charge in [-0.25, -0.2) is 13.1 Å². The number of nitrogen functional groups attached to an aromatic ring is 1. The van der Waals surface area contributed by atoms with E-state index in [2.05, 4.69) is 16.9 Å². The Balaban J connectivity index is 1.92. The molecule has 1 atom stereocenters. The molecule has 19 heavy (non-hydrogen) atoms. The van der Waals surface area contributed by atoms with Gasteiger partial charge in [-0.3, -0.25) is 0 Å². The maximum absolute atomic E-state index is 12.0. The summed E-state index contributed by atoms with van der Waals surface area (Å²) < 4.78 is 26.7. The summed E-state index contributed by atoms with van der Waals surface area (Å²) in [5.41, 5.74) is 6.94. The number of hydrogen-bond acceptors (Lipinski definition) is 3. The molecule has 0 heterocycles. The molecule has 1 aromatic rings. The number of nitrogens with two attached hydrogens (primary N) is 1. The predicted octanol–water partition coefficient (Wildman–Crippen LogP) is 2.04. The molecule has 3 N–H and O–H groups in total. The Morgan fingerprint density at radius 2 is 2.05 bits per heavy atom. The molecule has 0 radical (unpaired) electrons. The summed E-state index contributed by atoms with van der Waals surface area (Å²) in [4.78, 5) is 0. The fraction of sp³-hybridized carbons (Fsp3) is 0.429. The molecular formula is C14H20N2O2S. The van der Waals surface area contributed by atoms with Crippen molar-refractivity contribution >= 4 is 15.7 Å². The summed E-state index contributed by atoms with van der Waals surface area (Å²) in [5, 5.41) is 0. The molecule has 0 bridgehead atoms. The molecule has 1 aromatic carbocycles. The predicted molar refractivity (Wildman–Crippen MR) is 78.0 cm³/mol. The van der Waals surface area contributed by atoms with Crippen molar-refractivity contribution in [3.63, 3.8) is 0 Å². The van der Waals surface area contributed by atoms with Crippen LogP contribution in [0.4, 0.5) is 5.69 Å². The molecule has 104 valence electrons. The van der Waals surface area contributed by atoms with Crippen LogP contribution in [0.1, 0.15) is 24.8 Å². The minimum atomic E-state index is -3.31. The van der Waals surface area contributed by atoms with Crippen LogP contribution < -0.4 is 10.5 Å². The van der Waals surface area contributed by atoms with Gasteiger partial charge in [0.1, 0.15) is 0 Å². The van der Waals surface area contributed by atoms with E-state index in [4.69, 9.17) is 5.73 Å². The van der Waals surface area contributed by atoms with Gasteiger partial charge in [-0.15, -0.1) is 0 Å². The summed E-state index contributed by atoms with van der Waals surface area (Å²) in [7, 11) is -3.31. The second-order valence-corrected chi connectivity index (χ2v) is 6.76. The molecular weight excluding hydrogens is 260 g/mol. The molecule has 4 nitrogen and oxygen atoms in total. The molecule has 5 heteroatoms. The summed E-state index contributed by atoms with van der Waals surface area (Å²) >= 11 is 0. The van der Waals surface area contributed by atoms with Gasteiger partial charge >= 0.3 is 0 Å². The average molecular weight is 280 g/mol. The van der Waals surface area contributed by atoms with Gasteiger partial charge in [0.05, 0.1) is 5.75 Å². The lowest BCUT2D eigenvalue weighted by Gasteiger charge is -2.18. The highest BCUT2D eigenvalue weighted by molar-refractivity contribution is 7.88. The van der Waals surface area contributed by atoms with E-state index in [1.54, 1.807) is 24.3 Å². The standard InChI is InChI=1S/C14H20N2O2S/c15-14-9-5-4-8-13(14)11-19(17,18)16-10-12-6-2-1-3-7-12/h1-2,4-5,8-9,12,16H,3,6-7,10-11,15H2. The van der Waals surface area contributed by atoms with E-state index in [0.717, 1.165) is 19.3 Å². The van der Waals surface area contributed by atoms with Crippen molar-refractivity contribution in [2.45, 2.75) is 25.0 Å². The lowest BCUT2D eigenvalue weighted by molar-refractivity contribution is 0.468. The zero-order chi connectivity index (χ0) is 13.7. The Morgan fingerprint density at radius 1 is 1.26 bits per heavy atom. The highest BCUT2D eigenvalue weighted by atomic mass is 32.2. The number of nitrogens with one attached hydrogen (secondary N) is 1. The highest BCUT2D eigenvalue weighted by Crippen LogP contribution is 2.18. The van der Waals surface area contributed by atoms with Crippen molar-refractivity contribution in [1.82, 2.24) is 4.72 Å². The maximum atomic E-state index is 12.0. The minimum absolute atomic E-state index is 0.0533. The van der Waals surface area contributed by atoms with Gasteiger partial charge in [-0.05, 0) is 36.8 Å².